The van der Waals surface area contributed by atoms with Crippen LogP contribution in [0, 0.1) is 0 Å². The van der Waals surface area contributed by atoms with Gasteiger partial charge in [-0.1, -0.05) is 30.3 Å². The Hall–Kier alpha value is -2.95. The van der Waals surface area contributed by atoms with Gasteiger partial charge in [0.15, 0.2) is 11.6 Å². The highest BCUT2D eigenvalue weighted by atomic mass is 16.5. The van der Waals surface area contributed by atoms with Crippen LogP contribution in [0.4, 0.5) is 5.82 Å². The molecule has 3 aromatic rings. The summed E-state index contributed by atoms with van der Waals surface area (Å²) in [6.45, 7) is 2.62. The lowest BCUT2D eigenvalue weighted by Gasteiger charge is -2.17. The highest BCUT2D eigenvalue weighted by Gasteiger charge is 2.10. The SMILES string of the molecule is C[C@@H](Oc1cccnc1NCc1cncnc1)c1ccccc1. The topological polar surface area (TPSA) is 59.9 Å². The second kappa shape index (κ2) is 7.35. The Bertz CT molecular complexity index is 734. The van der Waals surface area contributed by atoms with E-state index in [0.29, 0.717) is 12.4 Å². The van der Waals surface area contributed by atoms with Crippen molar-refractivity contribution in [1.29, 1.82) is 0 Å². The number of hydrogen-bond acceptors (Lipinski definition) is 5. The Kier molecular flexibility index (Phi) is 4.79. The average Bonchev–Trinajstić information content (AvgIpc) is 2.62. The molecule has 0 aliphatic heterocycles. The molecule has 0 bridgehead atoms. The monoisotopic (exact) mass is 306 g/mol. The third-order valence-corrected chi connectivity index (χ3v) is 3.42. The molecule has 0 aliphatic rings. The van der Waals surface area contributed by atoms with Crippen LogP contribution in [0.15, 0.2) is 67.4 Å². The van der Waals surface area contributed by atoms with Crippen LogP contribution in [0.25, 0.3) is 0 Å². The lowest BCUT2D eigenvalue weighted by atomic mass is 10.1. The summed E-state index contributed by atoms with van der Waals surface area (Å²) in [6, 6.07) is 13.9. The molecule has 0 unspecified atom stereocenters. The lowest BCUT2D eigenvalue weighted by Crippen LogP contribution is -2.08. The number of hydrogen-bond donors (Lipinski definition) is 1. The molecule has 0 amide bonds. The van der Waals surface area contributed by atoms with Crippen LogP contribution >= 0.6 is 0 Å². The standard InChI is InChI=1S/C18H18N4O/c1-14(16-6-3-2-4-7-16)23-17-8-5-9-21-18(17)22-12-15-10-19-13-20-11-15/h2-11,13-14H,12H2,1H3,(H,21,22)/t14-/m1/s1. The van der Waals surface area contributed by atoms with Gasteiger partial charge in [-0.3, -0.25) is 0 Å². The highest BCUT2D eigenvalue weighted by Crippen LogP contribution is 2.27. The van der Waals surface area contributed by atoms with E-state index in [1.54, 1.807) is 18.6 Å². The van der Waals surface area contributed by atoms with Gasteiger partial charge < -0.3 is 10.1 Å². The molecule has 116 valence electrons. The van der Waals surface area contributed by atoms with Crippen molar-refractivity contribution in [3.05, 3.63) is 78.5 Å². The predicted octanol–water partition coefficient (Wildman–Crippen LogP) is 3.62. The van der Waals surface area contributed by atoms with E-state index in [1.165, 1.54) is 6.33 Å². The van der Waals surface area contributed by atoms with Crippen molar-refractivity contribution in [2.24, 2.45) is 0 Å². The summed E-state index contributed by atoms with van der Waals surface area (Å²) >= 11 is 0. The van der Waals surface area contributed by atoms with Crippen molar-refractivity contribution in [1.82, 2.24) is 15.0 Å². The maximum atomic E-state index is 6.06. The molecule has 0 aliphatic carbocycles. The van der Waals surface area contributed by atoms with Gasteiger partial charge >= 0.3 is 0 Å². The van der Waals surface area contributed by atoms with Gasteiger partial charge in [0, 0.05) is 30.7 Å². The van der Waals surface area contributed by atoms with Crippen molar-refractivity contribution < 1.29 is 4.74 Å². The van der Waals surface area contributed by atoms with Gasteiger partial charge in [-0.2, -0.15) is 0 Å². The first kappa shape index (κ1) is 15.0. The summed E-state index contributed by atoms with van der Waals surface area (Å²) in [4.78, 5) is 12.4. The smallest absolute Gasteiger partial charge is 0.169 e. The van der Waals surface area contributed by atoms with Crippen LogP contribution in [0.5, 0.6) is 5.75 Å². The zero-order valence-electron chi connectivity index (χ0n) is 12.9. The fourth-order valence-corrected chi connectivity index (χ4v) is 2.21. The number of ether oxygens (including phenoxy) is 1. The summed E-state index contributed by atoms with van der Waals surface area (Å²) in [5.74, 6) is 1.43. The van der Waals surface area contributed by atoms with E-state index in [1.807, 2.05) is 37.3 Å². The number of anilines is 1. The van der Waals surface area contributed by atoms with Gasteiger partial charge in [0.05, 0.1) is 0 Å². The Morgan fingerprint density at radius 2 is 1.83 bits per heavy atom. The molecule has 5 nitrogen and oxygen atoms in total. The molecule has 1 aromatic carbocycles. The summed E-state index contributed by atoms with van der Waals surface area (Å²) < 4.78 is 6.06. The minimum Gasteiger partial charge on any atom is -0.482 e. The van der Waals surface area contributed by atoms with E-state index >= 15 is 0 Å². The quantitative estimate of drug-likeness (QED) is 0.753. The molecule has 3 rings (SSSR count). The van der Waals surface area contributed by atoms with Gasteiger partial charge in [-0.25, -0.2) is 15.0 Å². The van der Waals surface area contributed by atoms with Gasteiger partial charge in [0.1, 0.15) is 12.4 Å². The molecule has 1 N–H and O–H groups in total. The number of aromatic nitrogens is 3. The summed E-state index contributed by atoms with van der Waals surface area (Å²) in [5.41, 5.74) is 2.11. The number of pyridine rings is 1. The number of nitrogens with zero attached hydrogens (tertiary/aromatic N) is 3. The second-order valence-corrected chi connectivity index (χ2v) is 5.12. The third-order valence-electron chi connectivity index (χ3n) is 3.42. The third kappa shape index (κ3) is 4.03. The van der Waals surface area contributed by atoms with E-state index < -0.39 is 0 Å². The van der Waals surface area contributed by atoms with Crippen molar-refractivity contribution in [2.75, 3.05) is 5.32 Å². The molecule has 23 heavy (non-hydrogen) atoms. The van der Waals surface area contributed by atoms with Gasteiger partial charge in [0.25, 0.3) is 0 Å². The molecule has 0 saturated carbocycles. The zero-order valence-corrected chi connectivity index (χ0v) is 12.9. The molecular weight excluding hydrogens is 288 g/mol. The van der Waals surface area contributed by atoms with Crippen LogP contribution < -0.4 is 10.1 Å². The number of benzene rings is 1. The van der Waals surface area contributed by atoms with E-state index in [2.05, 4.69) is 32.4 Å². The lowest BCUT2D eigenvalue weighted by molar-refractivity contribution is 0.227. The molecule has 2 aromatic heterocycles. The Labute approximate surface area is 135 Å². The van der Waals surface area contributed by atoms with Crippen LogP contribution in [-0.2, 0) is 6.54 Å². The molecule has 0 spiro atoms. The minimum atomic E-state index is -0.0546. The van der Waals surface area contributed by atoms with Crippen LogP contribution in [0.3, 0.4) is 0 Å². The summed E-state index contributed by atoms with van der Waals surface area (Å²) in [5, 5.41) is 3.27. The molecule has 0 fully saturated rings. The Morgan fingerprint density at radius 3 is 2.61 bits per heavy atom. The van der Waals surface area contributed by atoms with Crippen molar-refractivity contribution >= 4 is 5.82 Å². The Morgan fingerprint density at radius 1 is 1.04 bits per heavy atom. The fourth-order valence-electron chi connectivity index (χ4n) is 2.21. The number of rotatable bonds is 6. The van der Waals surface area contributed by atoms with Gasteiger partial charge in [-0.15, -0.1) is 0 Å². The molecule has 5 heteroatoms. The highest BCUT2D eigenvalue weighted by molar-refractivity contribution is 5.50. The van der Waals surface area contributed by atoms with E-state index in [9.17, 15) is 0 Å². The molecule has 0 radical (unpaired) electrons. The van der Waals surface area contributed by atoms with Crippen LogP contribution in [-0.4, -0.2) is 15.0 Å². The maximum absolute atomic E-state index is 6.06. The Balaban J connectivity index is 1.70. The van der Waals surface area contributed by atoms with Crippen molar-refractivity contribution in [3.63, 3.8) is 0 Å². The van der Waals surface area contributed by atoms with E-state index in [0.717, 1.165) is 16.9 Å². The van der Waals surface area contributed by atoms with Crippen molar-refractivity contribution in [2.45, 2.75) is 19.6 Å². The normalized spacial score (nSPS) is 11.7. The van der Waals surface area contributed by atoms with Crippen LogP contribution in [0.1, 0.15) is 24.2 Å². The predicted molar refractivity (Wildman–Crippen MR) is 89.1 cm³/mol. The first-order chi connectivity index (χ1) is 11.3. The molecular formula is C18H18N4O. The summed E-state index contributed by atoms with van der Waals surface area (Å²) in [6.07, 6.45) is 6.75. The number of nitrogens with one attached hydrogen (secondary N) is 1. The first-order valence-corrected chi connectivity index (χ1v) is 7.47. The van der Waals surface area contributed by atoms with E-state index in [4.69, 9.17) is 4.74 Å². The zero-order chi connectivity index (χ0) is 15.9. The molecule has 0 saturated heterocycles. The fraction of sp³-hybridized carbons (Fsp3) is 0.167. The first-order valence-electron chi connectivity index (χ1n) is 7.47. The second-order valence-electron chi connectivity index (χ2n) is 5.12. The largest absolute Gasteiger partial charge is 0.482 e. The van der Waals surface area contributed by atoms with Gasteiger partial charge in [-0.05, 0) is 24.6 Å². The maximum Gasteiger partial charge on any atom is 0.169 e. The van der Waals surface area contributed by atoms with E-state index in [-0.39, 0.29) is 6.10 Å². The molecule has 2 heterocycles. The average molecular weight is 306 g/mol. The van der Waals surface area contributed by atoms with Crippen molar-refractivity contribution in [3.8, 4) is 5.75 Å². The minimum absolute atomic E-state index is 0.0546. The van der Waals surface area contributed by atoms with Crippen LogP contribution in [0.2, 0.25) is 0 Å². The van der Waals surface area contributed by atoms with Gasteiger partial charge in [0.2, 0.25) is 0 Å². The molecule has 1 atom stereocenters. The summed E-state index contributed by atoms with van der Waals surface area (Å²) in [7, 11) is 0.